The number of nitrogens with one attached hydrogen (secondary N) is 2. The highest BCUT2D eigenvalue weighted by Gasteiger charge is 2.17. The number of H-pyrrole nitrogens is 1. The summed E-state index contributed by atoms with van der Waals surface area (Å²) in [7, 11) is 0. The van der Waals surface area contributed by atoms with E-state index in [4.69, 9.17) is 17.2 Å². The van der Waals surface area contributed by atoms with Crippen LogP contribution in [-0.4, -0.2) is 54.7 Å². The number of pyridine rings is 1. The van der Waals surface area contributed by atoms with Crippen LogP contribution in [0.4, 0.5) is 11.8 Å². The molecule has 0 aromatic carbocycles. The van der Waals surface area contributed by atoms with Gasteiger partial charge in [0, 0.05) is 13.1 Å². The molecule has 0 unspecified atom stereocenters. The first-order valence-corrected chi connectivity index (χ1v) is 9.34. The summed E-state index contributed by atoms with van der Waals surface area (Å²) in [6, 6.07) is 0.683. The van der Waals surface area contributed by atoms with Crippen LogP contribution in [0.15, 0.2) is 15.7 Å². The lowest BCUT2D eigenvalue weighted by atomic mass is 10.1. The van der Waals surface area contributed by atoms with Crippen molar-refractivity contribution in [3.8, 4) is 0 Å². The second-order valence-corrected chi connectivity index (χ2v) is 6.74. The predicted molar refractivity (Wildman–Crippen MR) is 111 cm³/mol. The van der Waals surface area contributed by atoms with Crippen molar-refractivity contribution < 1.29 is 9.90 Å². The highest BCUT2D eigenvalue weighted by atomic mass is 16.4. The van der Waals surface area contributed by atoms with E-state index in [0.717, 1.165) is 6.42 Å². The number of hydrogen-bond acceptors (Lipinski definition) is 10. The molecule has 3 rings (SSSR count). The number of carboxylic acid groups (broad SMARTS) is 1. The molecule has 0 aliphatic rings. The Hall–Kier alpha value is -3.58. The van der Waals surface area contributed by atoms with Gasteiger partial charge < -0.3 is 27.6 Å². The van der Waals surface area contributed by atoms with Crippen molar-refractivity contribution >= 4 is 39.8 Å². The Morgan fingerprint density at radius 1 is 1.20 bits per heavy atom. The minimum absolute atomic E-state index is 0.0371. The number of nitrogens with two attached hydrogens (primary N) is 3. The van der Waals surface area contributed by atoms with Gasteiger partial charge in [-0.3, -0.25) is 19.1 Å². The van der Waals surface area contributed by atoms with E-state index in [1.807, 2.05) is 0 Å². The van der Waals surface area contributed by atoms with E-state index in [-0.39, 0.29) is 41.5 Å². The second kappa shape index (κ2) is 8.84. The summed E-state index contributed by atoms with van der Waals surface area (Å²) in [4.78, 5) is 50.2. The molecule has 13 nitrogen and oxygen atoms in total. The molecule has 3 aromatic heterocycles. The molecule has 9 N–H and O–H groups in total. The summed E-state index contributed by atoms with van der Waals surface area (Å²) in [5.74, 6) is -1.17. The van der Waals surface area contributed by atoms with Crippen LogP contribution in [0.1, 0.15) is 19.3 Å². The number of anilines is 2. The molecule has 0 aliphatic carbocycles. The van der Waals surface area contributed by atoms with Gasteiger partial charge in [0.1, 0.15) is 17.5 Å². The topological polar surface area (TPSA) is 221 Å². The van der Waals surface area contributed by atoms with Gasteiger partial charge in [-0.05, 0) is 25.5 Å². The van der Waals surface area contributed by atoms with E-state index in [1.165, 1.54) is 10.6 Å². The molecule has 0 spiro atoms. The highest BCUT2D eigenvalue weighted by molar-refractivity contribution is 5.94. The SMILES string of the molecule is NCCCC[C@@H](NCCn1c(=O)[nH]c(N)c2cc3c(=O)nc(N)nc3nc21)C(=O)O. The summed E-state index contributed by atoms with van der Waals surface area (Å²) in [5.41, 5.74) is 16.0. The number of rotatable bonds is 9. The van der Waals surface area contributed by atoms with E-state index in [2.05, 4.69) is 25.3 Å². The number of nitrogens with zero attached hydrogens (tertiary/aromatic N) is 4. The Kier molecular flexibility index (Phi) is 6.23. The molecule has 0 fully saturated rings. The number of carboxylic acids is 1. The minimum Gasteiger partial charge on any atom is -0.480 e. The first-order chi connectivity index (χ1) is 14.3. The third-order valence-corrected chi connectivity index (χ3v) is 4.65. The van der Waals surface area contributed by atoms with Gasteiger partial charge in [-0.1, -0.05) is 6.42 Å². The zero-order valence-electron chi connectivity index (χ0n) is 16.1. The van der Waals surface area contributed by atoms with Crippen molar-refractivity contribution in [2.75, 3.05) is 24.6 Å². The fourth-order valence-corrected chi connectivity index (χ4v) is 3.15. The maximum atomic E-state index is 12.5. The summed E-state index contributed by atoms with van der Waals surface area (Å²) >= 11 is 0. The number of aromatic nitrogens is 5. The van der Waals surface area contributed by atoms with Gasteiger partial charge in [0.2, 0.25) is 5.95 Å². The van der Waals surface area contributed by atoms with Crippen LogP contribution in [0.25, 0.3) is 22.1 Å². The predicted octanol–water partition coefficient (Wildman–Crippen LogP) is -1.64. The monoisotopic (exact) mass is 417 g/mol. The quantitative estimate of drug-likeness (QED) is 0.171. The smallest absolute Gasteiger partial charge is 0.328 e. The molecule has 0 bridgehead atoms. The lowest BCUT2D eigenvalue weighted by Gasteiger charge is -2.16. The van der Waals surface area contributed by atoms with Gasteiger partial charge in [-0.15, -0.1) is 0 Å². The minimum atomic E-state index is -0.979. The van der Waals surface area contributed by atoms with Crippen LogP contribution in [0.3, 0.4) is 0 Å². The van der Waals surface area contributed by atoms with Crippen LogP contribution in [0.5, 0.6) is 0 Å². The molecule has 0 radical (unpaired) electrons. The van der Waals surface area contributed by atoms with Gasteiger partial charge in [0.15, 0.2) is 5.65 Å². The van der Waals surface area contributed by atoms with E-state index in [0.29, 0.717) is 24.8 Å². The molecule has 13 heteroatoms. The molecule has 30 heavy (non-hydrogen) atoms. The van der Waals surface area contributed by atoms with E-state index in [1.54, 1.807) is 0 Å². The van der Waals surface area contributed by atoms with Crippen molar-refractivity contribution in [1.29, 1.82) is 0 Å². The lowest BCUT2D eigenvalue weighted by molar-refractivity contribution is -0.139. The van der Waals surface area contributed by atoms with Crippen molar-refractivity contribution in [1.82, 2.24) is 29.8 Å². The molecule has 160 valence electrons. The largest absolute Gasteiger partial charge is 0.480 e. The van der Waals surface area contributed by atoms with Crippen molar-refractivity contribution in [2.24, 2.45) is 5.73 Å². The summed E-state index contributed by atoms with van der Waals surface area (Å²) in [5, 5.41) is 12.7. The number of aromatic amines is 1. The third-order valence-electron chi connectivity index (χ3n) is 4.65. The van der Waals surface area contributed by atoms with Crippen LogP contribution >= 0.6 is 0 Å². The average Bonchev–Trinajstić information content (AvgIpc) is 2.67. The van der Waals surface area contributed by atoms with Crippen molar-refractivity contribution in [2.45, 2.75) is 31.8 Å². The van der Waals surface area contributed by atoms with E-state index >= 15 is 0 Å². The Labute approximate surface area is 169 Å². The Morgan fingerprint density at radius 3 is 2.67 bits per heavy atom. The molecule has 3 aromatic rings. The number of nitrogen functional groups attached to an aromatic ring is 2. The standard InChI is InChI=1S/C17H23N9O4/c18-4-2-1-3-10(15(28)29)21-5-6-26-13-8(11(19)22-17(26)30)7-9-12(23-13)24-16(20)25-14(9)27/h7,10,21H,1-6,18-19H2,(H,22,30)(H,28,29)(H2,20,25,27)/t10-/m1/s1. The van der Waals surface area contributed by atoms with Crippen LogP contribution in [0.2, 0.25) is 0 Å². The molecule has 0 amide bonds. The Balaban J connectivity index is 1.93. The first-order valence-electron chi connectivity index (χ1n) is 9.34. The number of carbonyl (C=O) groups is 1. The number of hydrogen-bond donors (Lipinski definition) is 6. The van der Waals surface area contributed by atoms with Gasteiger partial charge in [0.05, 0.1) is 10.8 Å². The maximum Gasteiger partial charge on any atom is 0.328 e. The number of aliphatic carboxylic acids is 1. The molecular formula is C17H23N9O4. The summed E-state index contributed by atoms with van der Waals surface area (Å²) in [6.07, 6.45) is 1.82. The fraction of sp³-hybridized carbons (Fsp3) is 0.412. The first kappa shape index (κ1) is 21.1. The van der Waals surface area contributed by atoms with Gasteiger partial charge in [-0.2, -0.15) is 9.97 Å². The molecule has 3 heterocycles. The average molecular weight is 417 g/mol. The molecule has 0 saturated carbocycles. The fourth-order valence-electron chi connectivity index (χ4n) is 3.15. The van der Waals surface area contributed by atoms with E-state index < -0.39 is 23.3 Å². The number of fused-ring (bicyclic) bond motifs is 2. The lowest BCUT2D eigenvalue weighted by Crippen LogP contribution is -2.40. The summed E-state index contributed by atoms with van der Waals surface area (Å²) in [6.45, 7) is 0.786. The molecular weight excluding hydrogens is 394 g/mol. The van der Waals surface area contributed by atoms with Crippen molar-refractivity contribution in [3.63, 3.8) is 0 Å². The van der Waals surface area contributed by atoms with Gasteiger partial charge in [0.25, 0.3) is 5.56 Å². The zero-order valence-corrected chi connectivity index (χ0v) is 16.1. The van der Waals surface area contributed by atoms with Gasteiger partial charge >= 0.3 is 11.7 Å². The Bertz CT molecular complexity index is 1200. The van der Waals surface area contributed by atoms with Gasteiger partial charge in [-0.25, -0.2) is 9.78 Å². The maximum absolute atomic E-state index is 12.5. The van der Waals surface area contributed by atoms with E-state index in [9.17, 15) is 19.5 Å². The zero-order chi connectivity index (χ0) is 21.8. The molecule has 1 atom stereocenters. The van der Waals surface area contributed by atoms with Crippen LogP contribution in [0, 0.1) is 0 Å². The highest BCUT2D eigenvalue weighted by Crippen LogP contribution is 2.19. The van der Waals surface area contributed by atoms with Crippen LogP contribution in [-0.2, 0) is 11.3 Å². The number of unbranched alkanes of at least 4 members (excludes halogenated alkanes) is 1. The molecule has 0 saturated heterocycles. The van der Waals surface area contributed by atoms with Crippen molar-refractivity contribution in [3.05, 3.63) is 26.9 Å². The Morgan fingerprint density at radius 2 is 1.97 bits per heavy atom. The summed E-state index contributed by atoms with van der Waals surface area (Å²) < 4.78 is 1.29. The van der Waals surface area contributed by atoms with Crippen LogP contribution < -0.4 is 33.8 Å². The normalized spacial score (nSPS) is 12.4. The molecule has 0 aliphatic heterocycles. The second-order valence-electron chi connectivity index (χ2n) is 6.74. The third kappa shape index (κ3) is 4.36.